The van der Waals surface area contributed by atoms with Crippen LogP contribution >= 0.6 is 0 Å². The van der Waals surface area contributed by atoms with E-state index in [1.54, 1.807) is 0 Å². The fourth-order valence-electron chi connectivity index (χ4n) is 2.77. The number of carbonyl (C=O) groups is 1. The van der Waals surface area contributed by atoms with E-state index in [0.717, 1.165) is 39.5 Å². The zero-order chi connectivity index (χ0) is 15.1. The highest BCUT2D eigenvalue weighted by atomic mass is 16.6. The highest BCUT2D eigenvalue weighted by Crippen LogP contribution is 2.21. The maximum Gasteiger partial charge on any atom is 0.239 e. The standard InChI is InChI=1S/C15H24N2O5/c1-10(16(2-11-6-19-11)3-12-7-20-12)15(18)17(4-13-8-21-13)5-14-9-22-14/h10-14H,2-9H2,1H3/t10-,11?,12?,13?,14?/m0/s1. The van der Waals surface area contributed by atoms with Crippen molar-refractivity contribution in [2.75, 3.05) is 52.6 Å². The van der Waals surface area contributed by atoms with E-state index in [9.17, 15) is 4.79 Å². The van der Waals surface area contributed by atoms with Crippen LogP contribution in [0.4, 0.5) is 0 Å². The first kappa shape index (κ1) is 14.8. The molecule has 22 heavy (non-hydrogen) atoms. The molecule has 4 aliphatic rings. The van der Waals surface area contributed by atoms with Crippen molar-refractivity contribution < 1.29 is 23.7 Å². The molecule has 0 spiro atoms. The molecule has 4 aliphatic heterocycles. The second-order valence-corrected chi connectivity index (χ2v) is 6.69. The zero-order valence-corrected chi connectivity index (χ0v) is 13.0. The van der Waals surface area contributed by atoms with Crippen molar-refractivity contribution in [3.05, 3.63) is 0 Å². The summed E-state index contributed by atoms with van der Waals surface area (Å²) in [6.45, 7) is 8.09. The molecule has 0 saturated carbocycles. The monoisotopic (exact) mass is 312 g/mol. The van der Waals surface area contributed by atoms with Gasteiger partial charge in [-0.05, 0) is 6.92 Å². The van der Waals surface area contributed by atoms with Crippen molar-refractivity contribution >= 4 is 5.91 Å². The second kappa shape index (κ2) is 6.05. The van der Waals surface area contributed by atoms with Gasteiger partial charge in [0.1, 0.15) is 0 Å². The molecule has 4 unspecified atom stereocenters. The number of ether oxygens (including phenoxy) is 4. The number of epoxide rings is 4. The molecular weight excluding hydrogens is 288 g/mol. The molecule has 4 heterocycles. The van der Waals surface area contributed by atoms with Crippen LogP contribution in [-0.4, -0.2) is 98.8 Å². The van der Waals surface area contributed by atoms with Gasteiger partial charge in [-0.1, -0.05) is 0 Å². The van der Waals surface area contributed by atoms with E-state index in [0.29, 0.717) is 13.1 Å². The molecular formula is C15H24N2O5. The van der Waals surface area contributed by atoms with E-state index < -0.39 is 0 Å². The minimum absolute atomic E-state index is 0.160. The van der Waals surface area contributed by atoms with Crippen molar-refractivity contribution in [2.45, 2.75) is 37.4 Å². The summed E-state index contributed by atoms with van der Waals surface area (Å²) in [5.74, 6) is 0.160. The molecule has 124 valence electrons. The average Bonchev–Trinajstić information content (AvgIpc) is 3.36. The largest absolute Gasteiger partial charge is 0.372 e. The van der Waals surface area contributed by atoms with Gasteiger partial charge in [0, 0.05) is 26.2 Å². The third-order valence-electron chi connectivity index (χ3n) is 4.55. The van der Waals surface area contributed by atoms with Crippen LogP contribution in [0.5, 0.6) is 0 Å². The first-order valence-corrected chi connectivity index (χ1v) is 8.18. The van der Waals surface area contributed by atoms with Crippen LogP contribution in [0.3, 0.4) is 0 Å². The smallest absolute Gasteiger partial charge is 0.239 e. The Morgan fingerprint density at radius 3 is 1.59 bits per heavy atom. The van der Waals surface area contributed by atoms with E-state index in [1.807, 2.05) is 11.8 Å². The normalized spacial score (nSPS) is 36.1. The van der Waals surface area contributed by atoms with E-state index in [4.69, 9.17) is 18.9 Å². The van der Waals surface area contributed by atoms with Gasteiger partial charge in [0.25, 0.3) is 0 Å². The number of hydrogen-bond donors (Lipinski definition) is 0. The van der Waals surface area contributed by atoms with Crippen LogP contribution in [0.2, 0.25) is 0 Å². The van der Waals surface area contributed by atoms with E-state index in [-0.39, 0.29) is 36.4 Å². The van der Waals surface area contributed by atoms with Gasteiger partial charge in [0.2, 0.25) is 5.91 Å². The summed E-state index contributed by atoms with van der Waals surface area (Å²) < 4.78 is 21.3. The Morgan fingerprint density at radius 1 is 0.864 bits per heavy atom. The summed E-state index contributed by atoms with van der Waals surface area (Å²) in [4.78, 5) is 17.0. The molecule has 0 aliphatic carbocycles. The van der Waals surface area contributed by atoms with Gasteiger partial charge in [-0.15, -0.1) is 0 Å². The predicted octanol–water partition coefficient (Wildman–Crippen LogP) is -0.899. The third-order valence-corrected chi connectivity index (χ3v) is 4.55. The maximum absolute atomic E-state index is 12.9. The lowest BCUT2D eigenvalue weighted by Crippen LogP contribution is -2.51. The van der Waals surface area contributed by atoms with Crippen molar-refractivity contribution in [2.24, 2.45) is 0 Å². The first-order chi connectivity index (χ1) is 10.7. The first-order valence-electron chi connectivity index (χ1n) is 8.18. The van der Waals surface area contributed by atoms with Gasteiger partial charge < -0.3 is 23.8 Å². The van der Waals surface area contributed by atoms with Crippen LogP contribution in [-0.2, 0) is 23.7 Å². The van der Waals surface area contributed by atoms with Crippen LogP contribution in [0, 0.1) is 0 Å². The summed E-state index contributed by atoms with van der Waals surface area (Å²) in [5.41, 5.74) is 0. The minimum Gasteiger partial charge on any atom is -0.372 e. The molecule has 1 amide bonds. The van der Waals surface area contributed by atoms with Gasteiger partial charge in [-0.3, -0.25) is 9.69 Å². The number of rotatable bonds is 10. The maximum atomic E-state index is 12.9. The number of nitrogens with zero attached hydrogens (tertiary/aromatic N) is 2. The zero-order valence-electron chi connectivity index (χ0n) is 13.0. The fraction of sp³-hybridized carbons (Fsp3) is 0.933. The highest BCUT2D eigenvalue weighted by molar-refractivity contribution is 5.81. The van der Waals surface area contributed by atoms with E-state index >= 15 is 0 Å². The molecule has 4 rings (SSSR count). The second-order valence-electron chi connectivity index (χ2n) is 6.69. The summed E-state index contributed by atoms with van der Waals surface area (Å²) in [6, 6.07) is -0.161. The SMILES string of the molecule is C[C@@H](C(=O)N(CC1CO1)CC1CO1)N(CC1CO1)CC1CO1. The summed E-state index contributed by atoms with van der Waals surface area (Å²) in [7, 11) is 0. The number of amides is 1. The molecule has 4 fully saturated rings. The van der Waals surface area contributed by atoms with Crippen molar-refractivity contribution in [3.63, 3.8) is 0 Å². The highest BCUT2D eigenvalue weighted by Gasteiger charge is 2.39. The molecule has 0 aromatic heterocycles. The van der Waals surface area contributed by atoms with Crippen LogP contribution < -0.4 is 0 Å². The molecule has 7 nitrogen and oxygen atoms in total. The molecule has 5 atom stereocenters. The molecule has 7 heteroatoms. The summed E-state index contributed by atoms with van der Waals surface area (Å²) in [6.07, 6.45) is 0.978. The number of carbonyl (C=O) groups excluding carboxylic acids is 1. The van der Waals surface area contributed by atoms with Gasteiger partial charge >= 0.3 is 0 Å². The van der Waals surface area contributed by atoms with Gasteiger partial charge in [0.05, 0.1) is 56.9 Å². The minimum atomic E-state index is -0.161. The van der Waals surface area contributed by atoms with Gasteiger partial charge in [0.15, 0.2) is 0 Å². The predicted molar refractivity (Wildman–Crippen MR) is 76.6 cm³/mol. The Morgan fingerprint density at radius 2 is 1.23 bits per heavy atom. The molecule has 0 aromatic rings. The Labute approximate surface area is 130 Å². The Kier molecular flexibility index (Phi) is 4.08. The topological polar surface area (TPSA) is 73.7 Å². The molecule has 4 saturated heterocycles. The van der Waals surface area contributed by atoms with Crippen LogP contribution in [0.25, 0.3) is 0 Å². The Bertz CT molecular complexity index is 390. The molecule has 0 bridgehead atoms. The Balaban J connectivity index is 1.37. The molecule has 0 aromatic carbocycles. The third kappa shape index (κ3) is 4.17. The van der Waals surface area contributed by atoms with Crippen molar-refractivity contribution in [1.29, 1.82) is 0 Å². The van der Waals surface area contributed by atoms with Crippen molar-refractivity contribution in [1.82, 2.24) is 9.80 Å². The van der Waals surface area contributed by atoms with E-state index in [1.165, 1.54) is 0 Å². The summed E-state index contributed by atoms with van der Waals surface area (Å²) in [5, 5.41) is 0. The molecule has 0 radical (unpaired) electrons. The lowest BCUT2D eigenvalue weighted by Gasteiger charge is -2.32. The van der Waals surface area contributed by atoms with Crippen LogP contribution in [0.15, 0.2) is 0 Å². The summed E-state index contributed by atoms with van der Waals surface area (Å²) >= 11 is 0. The van der Waals surface area contributed by atoms with Crippen molar-refractivity contribution in [3.8, 4) is 0 Å². The molecule has 0 N–H and O–H groups in total. The fourth-order valence-corrected chi connectivity index (χ4v) is 2.77. The quantitative estimate of drug-likeness (QED) is 0.487. The van der Waals surface area contributed by atoms with Gasteiger partial charge in [-0.25, -0.2) is 0 Å². The van der Waals surface area contributed by atoms with E-state index in [2.05, 4.69) is 4.90 Å². The lowest BCUT2D eigenvalue weighted by molar-refractivity contribution is -0.137. The average molecular weight is 312 g/mol. The lowest BCUT2D eigenvalue weighted by atomic mass is 10.2. The Hall–Kier alpha value is -0.730. The van der Waals surface area contributed by atoms with Gasteiger partial charge in [-0.2, -0.15) is 0 Å². The number of hydrogen-bond acceptors (Lipinski definition) is 6. The van der Waals surface area contributed by atoms with Crippen LogP contribution in [0.1, 0.15) is 6.92 Å².